The van der Waals surface area contributed by atoms with Gasteiger partial charge in [0.25, 0.3) is 0 Å². The summed E-state index contributed by atoms with van der Waals surface area (Å²) >= 11 is 0. The van der Waals surface area contributed by atoms with Crippen LogP contribution in [-0.4, -0.2) is 51.2 Å². The van der Waals surface area contributed by atoms with Crippen LogP contribution < -0.4 is 4.72 Å². The van der Waals surface area contributed by atoms with Gasteiger partial charge in [-0.25, -0.2) is 13.1 Å². The third-order valence-corrected chi connectivity index (χ3v) is 4.76. The maximum absolute atomic E-state index is 12.3. The predicted molar refractivity (Wildman–Crippen MR) is 83.4 cm³/mol. The number of benzene rings is 1. The van der Waals surface area contributed by atoms with Crippen molar-refractivity contribution in [2.75, 3.05) is 27.2 Å². The molecule has 2 N–H and O–H groups in total. The molecule has 0 aliphatic carbocycles. The monoisotopic (exact) mass is 310 g/mol. The number of likely N-dealkylation sites (N-methyl/N-ethyl adjacent to an activating group) is 1. The maximum atomic E-state index is 12.3. The van der Waals surface area contributed by atoms with Crippen molar-refractivity contribution in [3.8, 4) is 11.8 Å². The third kappa shape index (κ3) is 5.14. The standard InChI is InChI=1S/C15H22N2O3S/c1-15(2,17(3)4)12-16-21(19,20)14-9-5-7-13(11-14)8-6-10-18/h5,7,9,11,16,18H,10,12H2,1-4H3. The molecule has 0 amide bonds. The SMILES string of the molecule is CN(C)C(C)(C)CNS(=O)(=O)c1cccc(C#CCO)c1. The summed E-state index contributed by atoms with van der Waals surface area (Å²) in [6.07, 6.45) is 0. The molecule has 1 aromatic rings. The van der Waals surface area contributed by atoms with Gasteiger partial charge >= 0.3 is 0 Å². The summed E-state index contributed by atoms with van der Waals surface area (Å²) in [6, 6.07) is 6.35. The number of aliphatic hydroxyl groups excluding tert-OH is 1. The van der Waals surface area contributed by atoms with E-state index in [1.165, 1.54) is 12.1 Å². The van der Waals surface area contributed by atoms with Crippen molar-refractivity contribution in [1.82, 2.24) is 9.62 Å². The Morgan fingerprint density at radius 2 is 2.00 bits per heavy atom. The third-order valence-electron chi connectivity index (χ3n) is 3.36. The first-order chi connectivity index (χ1) is 9.69. The van der Waals surface area contributed by atoms with Gasteiger partial charge in [-0.3, -0.25) is 0 Å². The van der Waals surface area contributed by atoms with Crippen LogP contribution in [0.5, 0.6) is 0 Å². The number of hydrogen-bond acceptors (Lipinski definition) is 4. The van der Waals surface area contributed by atoms with Crippen molar-refractivity contribution in [3.05, 3.63) is 29.8 Å². The van der Waals surface area contributed by atoms with Crippen molar-refractivity contribution >= 4 is 10.0 Å². The number of aliphatic hydroxyl groups is 1. The second-order valence-corrected chi connectivity index (χ2v) is 7.29. The minimum absolute atomic E-state index is 0.168. The Kier molecular flexibility index (Phi) is 5.93. The summed E-state index contributed by atoms with van der Waals surface area (Å²) in [6.45, 7) is 3.96. The molecule has 0 unspecified atom stereocenters. The lowest BCUT2D eigenvalue weighted by atomic mass is 10.1. The van der Waals surface area contributed by atoms with E-state index in [0.717, 1.165) is 0 Å². The van der Waals surface area contributed by atoms with Gasteiger partial charge in [-0.05, 0) is 46.1 Å². The van der Waals surface area contributed by atoms with Crippen LogP contribution in [0.2, 0.25) is 0 Å². The Hall–Kier alpha value is -1.39. The molecule has 0 saturated heterocycles. The van der Waals surface area contributed by atoms with Crippen molar-refractivity contribution in [2.45, 2.75) is 24.3 Å². The van der Waals surface area contributed by atoms with Crippen LogP contribution in [0.4, 0.5) is 0 Å². The summed E-state index contributed by atoms with van der Waals surface area (Å²) in [4.78, 5) is 2.13. The predicted octanol–water partition coefficient (Wildman–Crippen LogP) is 0.649. The second kappa shape index (κ2) is 7.05. The first kappa shape index (κ1) is 17.7. The van der Waals surface area contributed by atoms with Crippen molar-refractivity contribution in [3.63, 3.8) is 0 Å². The van der Waals surface area contributed by atoms with Crippen LogP contribution >= 0.6 is 0 Å². The average molecular weight is 310 g/mol. The summed E-state index contributed by atoms with van der Waals surface area (Å²) in [5.74, 6) is 5.19. The van der Waals surface area contributed by atoms with Crippen LogP contribution in [0, 0.1) is 11.8 Å². The molecule has 0 aliphatic rings. The topological polar surface area (TPSA) is 69.6 Å². The second-order valence-electron chi connectivity index (χ2n) is 5.52. The van der Waals surface area contributed by atoms with E-state index in [1.54, 1.807) is 12.1 Å². The molecule has 0 aliphatic heterocycles. The molecule has 116 valence electrons. The lowest BCUT2D eigenvalue weighted by Gasteiger charge is -2.32. The Labute approximate surface area is 127 Å². The summed E-state index contributed by atoms with van der Waals surface area (Å²) in [7, 11) is 0.223. The highest BCUT2D eigenvalue weighted by Crippen LogP contribution is 2.13. The zero-order valence-electron chi connectivity index (χ0n) is 12.8. The maximum Gasteiger partial charge on any atom is 0.240 e. The zero-order valence-corrected chi connectivity index (χ0v) is 13.7. The van der Waals surface area contributed by atoms with E-state index in [0.29, 0.717) is 12.1 Å². The van der Waals surface area contributed by atoms with Crippen molar-refractivity contribution in [1.29, 1.82) is 0 Å². The number of nitrogens with zero attached hydrogens (tertiary/aromatic N) is 1. The number of nitrogens with one attached hydrogen (secondary N) is 1. The largest absolute Gasteiger partial charge is 0.384 e. The van der Waals surface area contributed by atoms with Gasteiger partial charge in [-0.15, -0.1) is 0 Å². The van der Waals surface area contributed by atoms with E-state index < -0.39 is 10.0 Å². The van der Waals surface area contributed by atoms with Crippen molar-refractivity contribution in [2.24, 2.45) is 0 Å². The van der Waals surface area contributed by atoms with Gasteiger partial charge in [0.1, 0.15) is 6.61 Å². The Balaban J connectivity index is 2.93. The summed E-state index contributed by atoms with van der Waals surface area (Å²) in [5.41, 5.74) is 0.264. The van der Waals surface area contributed by atoms with Crippen LogP contribution in [0.1, 0.15) is 19.4 Å². The molecule has 1 aromatic carbocycles. The van der Waals surface area contributed by atoms with E-state index >= 15 is 0 Å². The Morgan fingerprint density at radius 3 is 2.57 bits per heavy atom. The van der Waals surface area contributed by atoms with Gasteiger partial charge in [0.05, 0.1) is 4.90 Å². The minimum Gasteiger partial charge on any atom is -0.384 e. The molecule has 0 saturated carbocycles. The normalized spacial score (nSPS) is 12.1. The smallest absolute Gasteiger partial charge is 0.240 e. The van der Waals surface area contributed by atoms with E-state index in [2.05, 4.69) is 16.6 Å². The lowest BCUT2D eigenvalue weighted by molar-refractivity contribution is 0.199. The highest BCUT2D eigenvalue weighted by atomic mass is 32.2. The van der Waals surface area contributed by atoms with Crippen LogP contribution in [-0.2, 0) is 10.0 Å². The Bertz CT molecular complexity index is 640. The molecule has 0 bridgehead atoms. The summed E-state index contributed by atoms with van der Waals surface area (Å²) < 4.78 is 27.2. The van der Waals surface area contributed by atoms with Gasteiger partial charge in [0.2, 0.25) is 10.0 Å². The fourth-order valence-electron chi connectivity index (χ4n) is 1.40. The zero-order chi connectivity index (χ0) is 16.1. The highest BCUT2D eigenvalue weighted by molar-refractivity contribution is 7.89. The van der Waals surface area contributed by atoms with Gasteiger partial charge in [0.15, 0.2) is 0 Å². The lowest BCUT2D eigenvalue weighted by Crippen LogP contribution is -2.48. The quantitative estimate of drug-likeness (QED) is 0.784. The molecule has 0 spiro atoms. The Morgan fingerprint density at radius 1 is 1.33 bits per heavy atom. The van der Waals surface area contributed by atoms with Crippen molar-refractivity contribution < 1.29 is 13.5 Å². The average Bonchev–Trinajstić information content (AvgIpc) is 2.43. The molecule has 5 nitrogen and oxygen atoms in total. The van der Waals surface area contributed by atoms with E-state index in [1.807, 2.05) is 32.8 Å². The van der Waals surface area contributed by atoms with E-state index in [9.17, 15) is 8.42 Å². The molecule has 1 rings (SSSR count). The first-order valence-electron chi connectivity index (χ1n) is 6.56. The molecule has 0 radical (unpaired) electrons. The van der Waals surface area contributed by atoms with Gasteiger partial charge in [0, 0.05) is 17.6 Å². The minimum atomic E-state index is -3.58. The fraction of sp³-hybridized carbons (Fsp3) is 0.467. The first-order valence-corrected chi connectivity index (χ1v) is 8.04. The van der Waals surface area contributed by atoms with Crippen LogP contribution in [0.3, 0.4) is 0 Å². The highest BCUT2D eigenvalue weighted by Gasteiger charge is 2.24. The molecule has 0 aromatic heterocycles. The molecule has 21 heavy (non-hydrogen) atoms. The fourth-order valence-corrected chi connectivity index (χ4v) is 2.65. The van der Waals surface area contributed by atoms with Gasteiger partial charge in [-0.1, -0.05) is 17.9 Å². The number of sulfonamides is 1. The molecule has 0 heterocycles. The molecule has 6 heteroatoms. The van der Waals surface area contributed by atoms with E-state index in [-0.39, 0.29) is 17.0 Å². The molecular weight excluding hydrogens is 288 g/mol. The van der Waals surface area contributed by atoms with Crippen LogP contribution in [0.15, 0.2) is 29.2 Å². The summed E-state index contributed by atoms with van der Waals surface area (Å²) in [5, 5.41) is 8.67. The number of rotatable bonds is 5. The molecular formula is C15H22N2O3S. The van der Waals surface area contributed by atoms with E-state index in [4.69, 9.17) is 5.11 Å². The molecule has 0 atom stereocenters. The van der Waals surface area contributed by atoms with Gasteiger partial charge < -0.3 is 10.0 Å². The number of hydrogen-bond donors (Lipinski definition) is 2. The van der Waals surface area contributed by atoms with Crippen LogP contribution in [0.25, 0.3) is 0 Å². The molecule has 0 fully saturated rings. The van der Waals surface area contributed by atoms with Gasteiger partial charge in [-0.2, -0.15) is 0 Å².